The molecular weight excluding hydrogens is 431 g/mol. The van der Waals surface area contributed by atoms with Crippen LogP contribution in [0.1, 0.15) is 38.2 Å². The molecule has 0 spiro atoms. The molecule has 2 saturated heterocycles. The van der Waals surface area contributed by atoms with Crippen molar-refractivity contribution in [3.05, 3.63) is 59.9 Å². The quantitative estimate of drug-likeness (QED) is 0.734. The van der Waals surface area contributed by atoms with Crippen LogP contribution >= 0.6 is 0 Å². The highest BCUT2D eigenvalue weighted by Gasteiger charge is 2.41. The Morgan fingerprint density at radius 1 is 1.09 bits per heavy atom. The van der Waals surface area contributed by atoms with Gasteiger partial charge in [-0.25, -0.2) is 12.8 Å². The lowest BCUT2D eigenvalue weighted by atomic mass is 9.73. The molecule has 0 saturated carbocycles. The van der Waals surface area contributed by atoms with Gasteiger partial charge in [0.25, 0.3) is 0 Å². The van der Waals surface area contributed by atoms with Crippen LogP contribution in [0, 0.1) is 11.7 Å². The Labute approximate surface area is 188 Å². The third-order valence-corrected chi connectivity index (χ3v) is 8.43. The maximum Gasteiger partial charge on any atom is 0.243 e. The maximum atomic E-state index is 13.4. The summed E-state index contributed by atoms with van der Waals surface area (Å²) < 4.78 is 46.4. The summed E-state index contributed by atoms with van der Waals surface area (Å²) in [6, 6.07) is 12.3. The number of carbonyl (C=O) groups excluding carboxylic acids is 1. The summed E-state index contributed by atoms with van der Waals surface area (Å²) in [6.45, 7) is 4.01. The van der Waals surface area contributed by atoms with Crippen LogP contribution in [0.3, 0.4) is 0 Å². The topological polar surface area (TPSA) is 75.7 Å². The van der Waals surface area contributed by atoms with Gasteiger partial charge in [-0.1, -0.05) is 19.1 Å². The lowest BCUT2D eigenvalue weighted by Crippen LogP contribution is -2.44. The van der Waals surface area contributed by atoms with Gasteiger partial charge in [0.15, 0.2) is 0 Å². The molecular formula is C24H29FN2O4S. The van der Waals surface area contributed by atoms with E-state index in [0.717, 1.165) is 18.4 Å². The average Bonchev–Trinajstić information content (AvgIpc) is 2.80. The number of hydrogen-bond acceptors (Lipinski definition) is 4. The first-order valence-electron chi connectivity index (χ1n) is 11.1. The zero-order valence-corrected chi connectivity index (χ0v) is 19.0. The number of hydrogen-bond donors (Lipinski definition) is 1. The zero-order valence-electron chi connectivity index (χ0n) is 18.2. The van der Waals surface area contributed by atoms with Gasteiger partial charge in [0.2, 0.25) is 15.9 Å². The second kappa shape index (κ2) is 9.29. The van der Waals surface area contributed by atoms with E-state index >= 15 is 0 Å². The van der Waals surface area contributed by atoms with E-state index in [4.69, 9.17) is 4.74 Å². The Bertz CT molecular complexity index is 1050. The minimum Gasteiger partial charge on any atom is -0.381 e. The Kier molecular flexibility index (Phi) is 6.65. The van der Waals surface area contributed by atoms with Gasteiger partial charge in [-0.05, 0) is 73.6 Å². The molecule has 172 valence electrons. The number of nitrogens with one attached hydrogen (secondary N) is 1. The minimum atomic E-state index is -3.55. The fourth-order valence-electron chi connectivity index (χ4n) is 4.61. The first-order valence-corrected chi connectivity index (χ1v) is 12.5. The zero-order chi connectivity index (χ0) is 22.8. The van der Waals surface area contributed by atoms with E-state index in [9.17, 15) is 17.6 Å². The first kappa shape index (κ1) is 22.9. The molecule has 8 heteroatoms. The van der Waals surface area contributed by atoms with Crippen molar-refractivity contribution in [3.63, 3.8) is 0 Å². The Morgan fingerprint density at radius 3 is 2.38 bits per heavy atom. The molecule has 1 amide bonds. The van der Waals surface area contributed by atoms with E-state index in [1.165, 1.54) is 12.1 Å². The molecule has 0 aliphatic carbocycles. The van der Waals surface area contributed by atoms with Crippen LogP contribution in [0.25, 0.3) is 0 Å². The van der Waals surface area contributed by atoms with Crippen LogP contribution in [0.5, 0.6) is 0 Å². The summed E-state index contributed by atoms with van der Waals surface area (Å²) in [6.07, 6.45) is 2.88. The lowest BCUT2D eigenvalue weighted by Gasteiger charge is -2.36. The van der Waals surface area contributed by atoms with E-state index in [-0.39, 0.29) is 16.6 Å². The Balaban J connectivity index is 1.53. The smallest absolute Gasteiger partial charge is 0.243 e. The Hall–Kier alpha value is -2.29. The molecule has 2 aromatic rings. The van der Waals surface area contributed by atoms with Gasteiger partial charge in [-0.2, -0.15) is 4.31 Å². The summed E-state index contributed by atoms with van der Waals surface area (Å²) in [5.74, 6) is -0.205. The first-order chi connectivity index (χ1) is 15.3. The molecule has 1 atom stereocenters. The maximum absolute atomic E-state index is 13.4. The van der Waals surface area contributed by atoms with Crippen LogP contribution in [-0.4, -0.2) is 44.9 Å². The summed E-state index contributed by atoms with van der Waals surface area (Å²) >= 11 is 0. The van der Waals surface area contributed by atoms with Crippen molar-refractivity contribution in [1.29, 1.82) is 0 Å². The normalized spacial score (nSPS) is 21.8. The highest BCUT2D eigenvalue weighted by Crippen LogP contribution is 2.36. The number of nitrogens with zero attached hydrogens (tertiary/aromatic N) is 1. The van der Waals surface area contributed by atoms with Crippen molar-refractivity contribution >= 4 is 21.6 Å². The summed E-state index contributed by atoms with van der Waals surface area (Å²) in [4.78, 5) is 13.6. The SMILES string of the molecule is CC1CCCN(S(=O)(=O)c2ccc(NC(=O)C3(c4ccc(F)cc4)CCOCC3)cc2)C1. The molecule has 2 fully saturated rings. The minimum absolute atomic E-state index is 0.201. The number of rotatable bonds is 5. The summed E-state index contributed by atoms with van der Waals surface area (Å²) in [5.41, 5.74) is 0.452. The van der Waals surface area contributed by atoms with Gasteiger partial charge < -0.3 is 10.1 Å². The number of piperidine rings is 1. The average molecular weight is 461 g/mol. The molecule has 2 heterocycles. The molecule has 2 aliphatic rings. The van der Waals surface area contributed by atoms with Crippen LogP contribution in [0.4, 0.5) is 10.1 Å². The molecule has 32 heavy (non-hydrogen) atoms. The van der Waals surface area contributed by atoms with E-state index in [2.05, 4.69) is 12.2 Å². The monoisotopic (exact) mass is 460 g/mol. The van der Waals surface area contributed by atoms with E-state index < -0.39 is 15.4 Å². The third-order valence-electron chi connectivity index (χ3n) is 6.55. The molecule has 2 aromatic carbocycles. The van der Waals surface area contributed by atoms with E-state index in [1.807, 2.05) is 0 Å². The second-order valence-corrected chi connectivity index (χ2v) is 10.7. The van der Waals surface area contributed by atoms with E-state index in [1.54, 1.807) is 40.7 Å². The van der Waals surface area contributed by atoms with Crippen LogP contribution in [0.2, 0.25) is 0 Å². The third kappa shape index (κ3) is 4.58. The van der Waals surface area contributed by atoms with Crippen LogP contribution in [0.15, 0.2) is 53.4 Å². The molecule has 0 aromatic heterocycles. The van der Waals surface area contributed by atoms with Crippen molar-refractivity contribution in [2.45, 2.75) is 42.9 Å². The lowest BCUT2D eigenvalue weighted by molar-refractivity contribution is -0.125. The highest BCUT2D eigenvalue weighted by molar-refractivity contribution is 7.89. The molecule has 2 aliphatic heterocycles. The van der Waals surface area contributed by atoms with Crippen molar-refractivity contribution in [2.75, 3.05) is 31.6 Å². The molecule has 6 nitrogen and oxygen atoms in total. The van der Waals surface area contributed by atoms with Gasteiger partial charge >= 0.3 is 0 Å². The van der Waals surface area contributed by atoms with Crippen LogP contribution in [-0.2, 0) is 25.0 Å². The Morgan fingerprint density at radius 2 is 1.75 bits per heavy atom. The number of halogens is 1. The van der Waals surface area contributed by atoms with Crippen molar-refractivity contribution < 1.29 is 22.3 Å². The fourth-order valence-corrected chi connectivity index (χ4v) is 6.21. The van der Waals surface area contributed by atoms with E-state index in [0.29, 0.717) is 50.8 Å². The molecule has 1 unspecified atom stereocenters. The summed E-state index contributed by atoms with van der Waals surface area (Å²) in [7, 11) is -3.55. The molecule has 0 bridgehead atoms. The van der Waals surface area contributed by atoms with Gasteiger partial charge in [0, 0.05) is 32.0 Å². The number of anilines is 1. The predicted molar refractivity (Wildman–Crippen MR) is 120 cm³/mol. The van der Waals surface area contributed by atoms with Crippen LogP contribution < -0.4 is 5.32 Å². The number of sulfonamides is 1. The highest BCUT2D eigenvalue weighted by atomic mass is 32.2. The number of amides is 1. The summed E-state index contributed by atoms with van der Waals surface area (Å²) in [5, 5.41) is 2.93. The van der Waals surface area contributed by atoms with Crippen molar-refractivity contribution in [2.24, 2.45) is 5.92 Å². The molecule has 4 rings (SSSR count). The molecule has 1 N–H and O–H groups in total. The number of ether oxygens (including phenoxy) is 1. The second-order valence-electron chi connectivity index (χ2n) is 8.79. The largest absolute Gasteiger partial charge is 0.381 e. The molecule has 0 radical (unpaired) electrons. The number of carbonyl (C=O) groups is 1. The fraction of sp³-hybridized carbons (Fsp3) is 0.458. The van der Waals surface area contributed by atoms with Crippen molar-refractivity contribution in [1.82, 2.24) is 4.31 Å². The van der Waals surface area contributed by atoms with Gasteiger partial charge in [0.05, 0.1) is 10.3 Å². The predicted octanol–water partition coefficient (Wildman–Crippen LogP) is 3.93. The standard InChI is InChI=1S/C24H29FN2O4S/c1-18-3-2-14-27(17-18)32(29,30)22-10-8-21(9-11-22)26-23(28)24(12-15-31-16-13-24)19-4-6-20(25)7-5-19/h4-11,18H,2-3,12-17H2,1H3,(H,26,28). The number of benzene rings is 2. The van der Waals surface area contributed by atoms with Gasteiger partial charge in [-0.3, -0.25) is 4.79 Å². The van der Waals surface area contributed by atoms with Crippen molar-refractivity contribution in [3.8, 4) is 0 Å². The van der Waals surface area contributed by atoms with Gasteiger partial charge in [-0.15, -0.1) is 0 Å². The van der Waals surface area contributed by atoms with Gasteiger partial charge in [0.1, 0.15) is 5.82 Å².